The Balaban J connectivity index is 1.60. The molecule has 1 fully saturated rings. The van der Waals surface area contributed by atoms with Crippen molar-refractivity contribution in [1.82, 2.24) is 9.88 Å². The van der Waals surface area contributed by atoms with Crippen molar-refractivity contribution in [1.29, 1.82) is 0 Å². The lowest BCUT2D eigenvalue weighted by Crippen LogP contribution is -2.46. The molecule has 154 valence electrons. The number of benzene rings is 3. The average molecular weight is 422 g/mol. The highest BCUT2D eigenvalue weighted by molar-refractivity contribution is 7.92. The van der Waals surface area contributed by atoms with Gasteiger partial charge in [0.15, 0.2) is 5.58 Å². The number of nitrogens with zero attached hydrogens (tertiary/aromatic N) is 3. The monoisotopic (exact) mass is 421 g/mol. The molecule has 0 unspecified atom stereocenters. The number of piperazine rings is 1. The van der Waals surface area contributed by atoms with E-state index in [0.717, 1.165) is 38.1 Å². The number of aromatic nitrogens is 1. The van der Waals surface area contributed by atoms with E-state index in [4.69, 9.17) is 4.42 Å². The minimum absolute atomic E-state index is 0.155. The van der Waals surface area contributed by atoms with E-state index in [2.05, 4.69) is 21.7 Å². The van der Waals surface area contributed by atoms with Crippen LogP contribution in [0.1, 0.15) is 6.92 Å². The summed E-state index contributed by atoms with van der Waals surface area (Å²) in [5, 5.41) is 1.59. The maximum atomic E-state index is 13.6. The van der Waals surface area contributed by atoms with E-state index < -0.39 is 9.84 Å². The summed E-state index contributed by atoms with van der Waals surface area (Å²) < 4.78 is 33.3. The summed E-state index contributed by atoms with van der Waals surface area (Å²) in [6, 6.07) is 18.5. The van der Waals surface area contributed by atoms with Gasteiger partial charge in [-0.05, 0) is 30.1 Å². The molecule has 1 aromatic heterocycles. The fourth-order valence-electron chi connectivity index (χ4n) is 4.06. The van der Waals surface area contributed by atoms with Gasteiger partial charge in [-0.25, -0.2) is 8.42 Å². The number of hydrogen-bond donors (Lipinski definition) is 0. The Morgan fingerprint density at radius 2 is 1.60 bits per heavy atom. The molecule has 7 heteroatoms. The van der Waals surface area contributed by atoms with E-state index in [1.54, 1.807) is 30.3 Å². The van der Waals surface area contributed by atoms with Gasteiger partial charge in [0.1, 0.15) is 10.4 Å². The van der Waals surface area contributed by atoms with Gasteiger partial charge in [0, 0.05) is 31.6 Å². The second kappa shape index (κ2) is 7.41. The number of sulfone groups is 1. The Kier molecular flexibility index (Phi) is 4.72. The molecule has 5 rings (SSSR count). The molecule has 30 heavy (non-hydrogen) atoms. The molecular weight excluding hydrogens is 398 g/mol. The van der Waals surface area contributed by atoms with Gasteiger partial charge in [0.25, 0.3) is 6.01 Å². The second-order valence-electron chi connectivity index (χ2n) is 7.50. The Bertz CT molecular complexity index is 1320. The van der Waals surface area contributed by atoms with Gasteiger partial charge in [-0.15, -0.1) is 0 Å². The van der Waals surface area contributed by atoms with Crippen LogP contribution in [0, 0.1) is 0 Å². The first kappa shape index (κ1) is 19.1. The van der Waals surface area contributed by atoms with Crippen LogP contribution in [0.4, 0.5) is 6.01 Å². The van der Waals surface area contributed by atoms with Crippen LogP contribution >= 0.6 is 0 Å². The number of anilines is 1. The van der Waals surface area contributed by atoms with Crippen molar-refractivity contribution in [2.45, 2.75) is 16.7 Å². The minimum atomic E-state index is -3.78. The number of likely N-dealkylation sites (N-methyl/N-ethyl adjacent to an activating group) is 1. The van der Waals surface area contributed by atoms with Crippen molar-refractivity contribution in [2.24, 2.45) is 0 Å². The maximum Gasteiger partial charge on any atom is 0.298 e. The van der Waals surface area contributed by atoms with Crippen molar-refractivity contribution >= 4 is 37.7 Å². The van der Waals surface area contributed by atoms with Crippen molar-refractivity contribution in [3.05, 3.63) is 60.7 Å². The normalized spacial score (nSPS) is 15.8. The molecule has 1 aliphatic heterocycles. The van der Waals surface area contributed by atoms with E-state index in [0.29, 0.717) is 22.5 Å². The third kappa shape index (κ3) is 3.14. The average Bonchev–Trinajstić information content (AvgIpc) is 3.23. The Hall–Kier alpha value is -2.90. The summed E-state index contributed by atoms with van der Waals surface area (Å²) in [7, 11) is -3.78. The van der Waals surface area contributed by atoms with E-state index in [-0.39, 0.29) is 9.79 Å². The number of hydrogen-bond acceptors (Lipinski definition) is 6. The standard InChI is InChI=1S/C23H23N3O3S/c1-2-25-13-15-26(16-14-25)23-24-19-10-6-12-21(22(19)29-23)30(27,28)20-11-5-8-17-7-3-4-9-18(17)20/h3-12H,2,13-16H2,1H3. The second-order valence-corrected chi connectivity index (χ2v) is 9.39. The Labute approximate surface area is 175 Å². The predicted molar refractivity (Wildman–Crippen MR) is 118 cm³/mol. The first-order valence-corrected chi connectivity index (χ1v) is 11.7. The lowest BCUT2D eigenvalue weighted by Gasteiger charge is -2.32. The SMILES string of the molecule is CCN1CCN(c2nc3cccc(S(=O)(=O)c4cccc5ccccc45)c3o2)CC1. The minimum Gasteiger partial charge on any atom is -0.422 e. The zero-order valence-electron chi connectivity index (χ0n) is 16.8. The molecule has 0 aliphatic carbocycles. The quantitative estimate of drug-likeness (QED) is 0.497. The van der Waals surface area contributed by atoms with Crippen LogP contribution in [0.3, 0.4) is 0 Å². The number of fused-ring (bicyclic) bond motifs is 2. The molecule has 0 saturated carbocycles. The molecule has 0 radical (unpaired) electrons. The summed E-state index contributed by atoms with van der Waals surface area (Å²) in [6.07, 6.45) is 0. The molecule has 0 bridgehead atoms. The lowest BCUT2D eigenvalue weighted by molar-refractivity contribution is 0.266. The van der Waals surface area contributed by atoms with E-state index in [1.807, 2.05) is 30.3 Å². The zero-order valence-corrected chi connectivity index (χ0v) is 17.6. The van der Waals surface area contributed by atoms with Crippen LogP contribution in [0.5, 0.6) is 0 Å². The van der Waals surface area contributed by atoms with Gasteiger partial charge >= 0.3 is 0 Å². The van der Waals surface area contributed by atoms with Crippen LogP contribution in [0.2, 0.25) is 0 Å². The molecule has 0 atom stereocenters. The van der Waals surface area contributed by atoms with Crippen molar-refractivity contribution in [2.75, 3.05) is 37.6 Å². The summed E-state index contributed by atoms with van der Waals surface area (Å²) in [4.78, 5) is 9.48. The van der Waals surface area contributed by atoms with Gasteiger partial charge in [0.05, 0.1) is 4.90 Å². The summed E-state index contributed by atoms with van der Waals surface area (Å²) in [5.74, 6) is 0. The topological polar surface area (TPSA) is 66.7 Å². The van der Waals surface area contributed by atoms with Crippen molar-refractivity contribution in [3.8, 4) is 0 Å². The molecule has 0 spiro atoms. The van der Waals surface area contributed by atoms with E-state index in [1.165, 1.54) is 0 Å². The van der Waals surface area contributed by atoms with Crippen LogP contribution in [-0.4, -0.2) is 51.0 Å². The molecule has 1 aliphatic rings. The van der Waals surface area contributed by atoms with E-state index >= 15 is 0 Å². The summed E-state index contributed by atoms with van der Waals surface area (Å²) in [5.41, 5.74) is 0.877. The molecule has 4 aromatic rings. The molecule has 6 nitrogen and oxygen atoms in total. The molecule has 0 N–H and O–H groups in total. The zero-order chi connectivity index (χ0) is 20.7. The lowest BCUT2D eigenvalue weighted by atomic mass is 10.1. The highest BCUT2D eigenvalue weighted by Gasteiger charge is 2.27. The predicted octanol–water partition coefficient (Wildman–Crippen LogP) is 3.96. The van der Waals surface area contributed by atoms with Crippen molar-refractivity contribution in [3.63, 3.8) is 0 Å². The van der Waals surface area contributed by atoms with Gasteiger partial charge in [-0.1, -0.05) is 49.4 Å². The first-order chi connectivity index (χ1) is 14.6. The highest BCUT2D eigenvalue weighted by Crippen LogP contribution is 2.34. The van der Waals surface area contributed by atoms with Gasteiger partial charge in [0.2, 0.25) is 9.84 Å². The van der Waals surface area contributed by atoms with Crippen molar-refractivity contribution < 1.29 is 12.8 Å². The van der Waals surface area contributed by atoms with Crippen LogP contribution in [0.25, 0.3) is 21.9 Å². The third-order valence-corrected chi connectivity index (χ3v) is 7.62. The third-order valence-electron chi connectivity index (χ3n) is 5.79. The molecule has 1 saturated heterocycles. The number of oxazole rings is 1. The molecule has 2 heterocycles. The Morgan fingerprint density at radius 1 is 0.900 bits per heavy atom. The first-order valence-electron chi connectivity index (χ1n) is 10.2. The van der Waals surface area contributed by atoms with Crippen LogP contribution in [-0.2, 0) is 9.84 Å². The van der Waals surface area contributed by atoms with Gasteiger partial charge < -0.3 is 14.2 Å². The molecule has 3 aromatic carbocycles. The summed E-state index contributed by atoms with van der Waals surface area (Å²) in [6.45, 7) is 6.68. The van der Waals surface area contributed by atoms with Gasteiger partial charge in [-0.2, -0.15) is 4.98 Å². The largest absolute Gasteiger partial charge is 0.422 e. The van der Waals surface area contributed by atoms with Crippen LogP contribution in [0.15, 0.2) is 74.9 Å². The Morgan fingerprint density at radius 3 is 2.40 bits per heavy atom. The fraction of sp³-hybridized carbons (Fsp3) is 0.261. The number of para-hydroxylation sites is 1. The van der Waals surface area contributed by atoms with Gasteiger partial charge in [-0.3, -0.25) is 0 Å². The smallest absolute Gasteiger partial charge is 0.298 e. The fourth-order valence-corrected chi connectivity index (χ4v) is 5.68. The molecular formula is C23H23N3O3S. The highest BCUT2D eigenvalue weighted by atomic mass is 32.2. The maximum absolute atomic E-state index is 13.6. The molecule has 0 amide bonds. The number of rotatable bonds is 4. The van der Waals surface area contributed by atoms with Crippen LogP contribution < -0.4 is 4.90 Å². The summed E-state index contributed by atoms with van der Waals surface area (Å²) >= 11 is 0. The van der Waals surface area contributed by atoms with E-state index in [9.17, 15) is 8.42 Å².